The minimum Gasteiger partial charge on any atom is -0.399 e. The number of nitrogens with two attached hydrogens (primary N) is 1. The zero-order valence-electron chi connectivity index (χ0n) is 12.0. The van der Waals surface area contributed by atoms with Crippen molar-refractivity contribution in [2.24, 2.45) is 0 Å². The van der Waals surface area contributed by atoms with Crippen LogP contribution in [0.15, 0.2) is 35.8 Å². The van der Waals surface area contributed by atoms with Crippen LogP contribution in [0.4, 0.5) is 10.8 Å². The summed E-state index contributed by atoms with van der Waals surface area (Å²) in [5.41, 5.74) is 7.11. The molecule has 1 fully saturated rings. The standard InChI is InChI=1S/C16H16N4OS/c17-14-4-1-13(2-5-14)3-6-15(21)19-8-10-20(11-9-19)16-18-7-12-22-16/h1-2,4-5,7,12H,8-11,17H2. The minimum atomic E-state index is -0.129. The Labute approximate surface area is 133 Å². The molecule has 3 rings (SSSR count). The second-order valence-corrected chi connectivity index (χ2v) is 5.84. The summed E-state index contributed by atoms with van der Waals surface area (Å²) in [4.78, 5) is 20.4. The lowest BCUT2D eigenvalue weighted by Crippen LogP contribution is -2.48. The van der Waals surface area contributed by atoms with Crippen LogP contribution in [-0.4, -0.2) is 42.0 Å². The smallest absolute Gasteiger partial charge is 0.298 e. The van der Waals surface area contributed by atoms with E-state index in [0.717, 1.165) is 23.8 Å². The molecule has 0 atom stereocenters. The van der Waals surface area contributed by atoms with Crippen LogP contribution in [0.3, 0.4) is 0 Å². The van der Waals surface area contributed by atoms with Gasteiger partial charge in [-0.3, -0.25) is 4.79 Å². The highest BCUT2D eigenvalue weighted by molar-refractivity contribution is 7.13. The second-order valence-electron chi connectivity index (χ2n) is 4.97. The van der Waals surface area contributed by atoms with Crippen molar-refractivity contribution in [3.8, 4) is 11.8 Å². The second kappa shape index (κ2) is 6.50. The van der Waals surface area contributed by atoms with Crippen molar-refractivity contribution < 1.29 is 4.79 Å². The van der Waals surface area contributed by atoms with E-state index in [1.165, 1.54) is 0 Å². The zero-order chi connectivity index (χ0) is 15.4. The third-order valence-corrected chi connectivity index (χ3v) is 4.31. The van der Waals surface area contributed by atoms with Crippen molar-refractivity contribution in [2.45, 2.75) is 0 Å². The van der Waals surface area contributed by atoms with Crippen LogP contribution >= 0.6 is 11.3 Å². The van der Waals surface area contributed by atoms with E-state index in [4.69, 9.17) is 5.73 Å². The molecule has 0 unspecified atom stereocenters. The average Bonchev–Trinajstić information content (AvgIpc) is 3.09. The first-order valence-electron chi connectivity index (χ1n) is 7.03. The van der Waals surface area contributed by atoms with E-state index in [-0.39, 0.29) is 5.91 Å². The molecule has 1 aromatic heterocycles. The van der Waals surface area contributed by atoms with Crippen LogP contribution in [0.5, 0.6) is 0 Å². The number of aromatic nitrogens is 1. The number of benzene rings is 1. The van der Waals surface area contributed by atoms with Crippen LogP contribution < -0.4 is 10.6 Å². The average molecular weight is 312 g/mol. The molecule has 2 heterocycles. The molecule has 112 valence electrons. The summed E-state index contributed by atoms with van der Waals surface area (Å²) in [7, 11) is 0. The number of hydrogen-bond donors (Lipinski definition) is 1. The van der Waals surface area contributed by atoms with Gasteiger partial charge < -0.3 is 15.5 Å². The number of nitrogens with zero attached hydrogens (tertiary/aromatic N) is 3. The predicted molar refractivity (Wildman–Crippen MR) is 88.6 cm³/mol. The van der Waals surface area contributed by atoms with Gasteiger partial charge in [0.1, 0.15) is 0 Å². The Bertz CT molecular complexity index is 692. The molecule has 0 aliphatic carbocycles. The lowest BCUT2D eigenvalue weighted by atomic mass is 10.2. The first-order chi connectivity index (χ1) is 10.7. The van der Waals surface area contributed by atoms with Crippen molar-refractivity contribution in [3.63, 3.8) is 0 Å². The van der Waals surface area contributed by atoms with Gasteiger partial charge in [-0.05, 0) is 24.3 Å². The van der Waals surface area contributed by atoms with Gasteiger partial charge in [-0.2, -0.15) is 0 Å². The molecule has 1 aliphatic heterocycles. The molecule has 0 spiro atoms. The number of thiazole rings is 1. The highest BCUT2D eigenvalue weighted by Gasteiger charge is 2.21. The highest BCUT2D eigenvalue weighted by atomic mass is 32.1. The molecule has 0 bridgehead atoms. The fourth-order valence-corrected chi connectivity index (χ4v) is 2.94. The molecule has 5 nitrogen and oxygen atoms in total. The molecule has 0 radical (unpaired) electrons. The molecule has 1 amide bonds. The van der Waals surface area contributed by atoms with E-state index >= 15 is 0 Å². The molecule has 22 heavy (non-hydrogen) atoms. The fourth-order valence-electron chi connectivity index (χ4n) is 2.24. The van der Waals surface area contributed by atoms with Crippen LogP contribution in [0.25, 0.3) is 0 Å². The summed E-state index contributed by atoms with van der Waals surface area (Å²) in [6.45, 7) is 2.94. The molecular formula is C16H16N4OS. The van der Waals surface area contributed by atoms with Crippen molar-refractivity contribution in [3.05, 3.63) is 41.4 Å². The maximum atomic E-state index is 12.1. The summed E-state index contributed by atoms with van der Waals surface area (Å²) in [5, 5.41) is 2.98. The van der Waals surface area contributed by atoms with Gasteiger partial charge in [0.05, 0.1) is 0 Å². The van der Waals surface area contributed by atoms with E-state index < -0.39 is 0 Å². The van der Waals surface area contributed by atoms with Crippen molar-refractivity contribution in [2.75, 3.05) is 36.8 Å². The number of carbonyl (C=O) groups is 1. The van der Waals surface area contributed by atoms with E-state index in [0.29, 0.717) is 18.8 Å². The zero-order valence-corrected chi connectivity index (χ0v) is 12.8. The van der Waals surface area contributed by atoms with Crippen LogP contribution in [0.1, 0.15) is 5.56 Å². The number of hydrogen-bond acceptors (Lipinski definition) is 5. The number of piperazine rings is 1. The fraction of sp³-hybridized carbons (Fsp3) is 0.250. The number of amides is 1. The van der Waals surface area contributed by atoms with Gasteiger partial charge in [0, 0.05) is 54.9 Å². The maximum absolute atomic E-state index is 12.1. The Morgan fingerprint density at radius 2 is 1.91 bits per heavy atom. The lowest BCUT2D eigenvalue weighted by Gasteiger charge is -2.33. The van der Waals surface area contributed by atoms with Gasteiger partial charge in [-0.15, -0.1) is 11.3 Å². The van der Waals surface area contributed by atoms with Crippen molar-refractivity contribution >= 4 is 28.1 Å². The van der Waals surface area contributed by atoms with Crippen LogP contribution in [0.2, 0.25) is 0 Å². The van der Waals surface area contributed by atoms with Gasteiger partial charge in [0.25, 0.3) is 5.91 Å². The van der Waals surface area contributed by atoms with E-state index in [2.05, 4.69) is 21.7 Å². The Kier molecular flexibility index (Phi) is 4.26. The highest BCUT2D eigenvalue weighted by Crippen LogP contribution is 2.18. The van der Waals surface area contributed by atoms with Crippen LogP contribution in [-0.2, 0) is 4.79 Å². The topological polar surface area (TPSA) is 62.5 Å². The summed E-state index contributed by atoms with van der Waals surface area (Å²) in [6, 6.07) is 7.19. The molecular weight excluding hydrogens is 296 g/mol. The molecule has 0 saturated carbocycles. The summed E-state index contributed by atoms with van der Waals surface area (Å²) < 4.78 is 0. The minimum absolute atomic E-state index is 0.129. The summed E-state index contributed by atoms with van der Waals surface area (Å²) in [5.74, 6) is 5.46. The Morgan fingerprint density at radius 1 is 1.18 bits per heavy atom. The quantitative estimate of drug-likeness (QED) is 0.639. The predicted octanol–water partition coefficient (Wildman–Crippen LogP) is 1.43. The van der Waals surface area contributed by atoms with Crippen molar-refractivity contribution in [1.82, 2.24) is 9.88 Å². The first kappa shape index (κ1) is 14.4. The molecule has 2 N–H and O–H groups in total. The van der Waals surface area contributed by atoms with Gasteiger partial charge in [0.15, 0.2) is 5.13 Å². The molecule has 1 aliphatic rings. The largest absolute Gasteiger partial charge is 0.399 e. The van der Waals surface area contributed by atoms with Gasteiger partial charge in [0.2, 0.25) is 0 Å². The first-order valence-corrected chi connectivity index (χ1v) is 7.91. The van der Waals surface area contributed by atoms with E-state index in [1.54, 1.807) is 34.6 Å². The number of rotatable bonds is 1. The molecule has 1 aromatic carbocycles. The maximum Gasteiger partial charge on any atom is 0.298 e. The van der Waals surface area contributed by atoms with Gasteiger partial charge in [-0.1, -0.05) is 5.92 Å². The lowest BCUT2D eigenvalue weighted by molar-refractivity contribution is -0.125. The van der Waals surface area contributed by atoms with E-state index in [9.17, 15) is 4.79 Å². The van der Waals surface area contributed by atoms with E-state index in [1.807, 2.05) is 17.5 Å². The Morgan fingerprint density at radius 3 is 2.55 bits per heavy atom. The van der Waals surface area contributed by atoms with Crippen molar-refractivity contribution in [1.29, 1.82) is 0 Å². The third kappa shape index (κ3) is 3.38. The Hall–Kier alpha value is -2.52. The number of nitrogen functional groups attached to an aromatic ring is 1. The summed E-state index contributed by atoms with van der Waals surface area (Å²) >= 11 is 1.62. The molecule has 1 saturated heterocycles. The number of carbonyl (C=O) groups excluding carboxylic acids is 1. The normalized spacial score (nSPS) is 14.4. The number of anilines is 2. The SMILES string of the molecule is Nc1ccc(C#CC(=O)N2CCN(c3nccs3)CC2)cc1. The molecule has 6 heteroatoms. The van der Waals surface area contributed by atoms with Gasteiger partial charge >= 0.3 is 0 Å². The molecule has 2 aromatic rings. The monoisotopic (exact) mass is 312 g/mol. The van der Waals surface area contributed by atoms with Crippen LogP contribution in [0, 0.1) is 11.8 Å². The third-order valence-electron chi connectivity index (χ3n) is 3.48. The Balaban J connectivity index is 1.57. The summed E-state index contributed by atoms with van der Waals surface area (Å²) in [6.07, 6.45) is 1.80. The van der Waals surface area contributed by atoms with Gasteiger partial charge in [-0.25, -0.2) is 4.98 Å².